The standard InChI is InChI=1S/C14H20ClNO3/c1-16-7-11-5-12(15)14(13(6-11)17-2)19-9-10-3-4-18-8-10/h5-6,10,16H,3-4,7-9H2,1-2H3. The van der Waals surface area contributed by atoms with E-state index in [1.165, 1.54) is 0 Å². The molecule has 0 spiro atoms. The summed E-state index contributed by atoms with van der Waals surface area (Å²) >= 11 is 6.27. The molecular weight excluding hydrogens is 266 g/mol. The molecule has 1 fully saturated rings. The molecule has 19 heavy (non-hydrogen) atoms. The van der Waals surface area contributed by atoms with Crippen LogP contribution in [-0.4, -0.2) is 34.0 Å². The molecule has 4 nitrogen and oxygen atoms in total. The fourth-order valence-corrected chi connectivity index (χ4v) is 2.42. The summed E-state index contributed by atoms with van der Waals surface area (Å²) in [7, 11) is 3.52. The van der Waals surface area contributed by atoms with E-state index in [9.17, 15) is 0 Å². The molecule has 1 atom stereocenters. The third-order valence-corrected chi connectivity index (χ3v) is 3.44. The lowest BCUT2D eigenvalue weighted by atomic mass is 10.1. The van der Waals surface area contributed by atoms with Crippen molar-refractivity contribution < 1.29 is 14.2 Å². The largest absolute Gasteiger partial charge is 0.493 e. The average Bonchev–Trinajstić information content (AvgIpc) is 2.90. The zero-order valence-electron chi connectivity index (χ0n) is 11.4. The Bertz CT molecular complexity index is 419. The minimum atomic E-state index is 0.442. The second kappa shape index (κ2) is 6.98. The lowest BCUT2D eigenvalue weighted by Crippen LogP contribution is -2.12. The Kier molecular flexibility index (Phi) is 5.31. The molecule has 2 rings (SSSR count). The van der Waals surface area contributed by atoms with Crippen molar-refractivity contribution in [3.8, 4) is 11.5 Å². The van der Waals surface area contributed by atoms with Gasteiger partial charge in [0.1, 0.15) is 0 Å². The van der Waals surface area contributed by atoms with E-state index in [4.69, 9.17) is 25.8 Å². The highest BCUT2D eigenvalue weighted by Gasteiger charge is 2.18. The van der Waals surface area contributed by atoms with Gasteiger partial charge in [0.05, 0.1) is 25.3 Å². The molecule has 0 aromatic heterocycles. The van der Waals surface area contributed by atoms with Crippen LogP contribution in [0.4, 0.5) is 0 Å². The van der Waals surface area contributed by atoms with Crippen molar-refractivity contribution in [1.29, 1.82) is 0 Å². The molecule has 0 saturated carbocycles. The quantitative estimate of drug-likeness (QED) is 0.872. The van der Waals surface area contributed by atoms with E-state index < -0.39 is 0 Å². The van der Waals surface area contributed by atoms with Crippen molar-refractivity contribution in [3.05, 3.63) is 22.7 Å². The second-order valence-electron chi connectivity index (χ2n) is 4.68. The Balaban J connectivity index is 2.09. The minimum Gasteiger partial charge on any atom is -0.493 e. The molecule has 5 heteroatoms. The molecule has 0 bridgehead atoms. The van der Waals surface area contributed by atoms with Crippen molar-refractivity contribution in [2.24, 2.45) is 5.92 Å². The maximum atomic E-state index is 6.27. The van der Waals surface area contributed by atoms with Crippen LogP contribution in [-0.2, 0) is 11.3 Å². The van der Waals surface area contributed by atoms with Gasteiger partial charge < -0.3 is 19.5 Å². The number of halogens is 1. The number of rotatable bonds is 6. The molecule has 1 unspecified atom stereocenters. The van der Waals surface area contributed by atoms with Crippen LogP contribution in [0.2, 0.25) is 5.02 Å². The van der Waals surface area contributed by atoms with Gasteiger partial charge >= 0.3 is 0 Å². The summed E-state index contributed by atoms with van der Waals surface area (Å²) in [6.45, 7) is 2.94. The van der Waals surface area contributed by atoms with Crippen LogP contribution in [0, 0.1) is 5.92 Å². The van der Waals surface area contributed by atoms with E-state index >= 15 is 0 Å². The molecular formula is C14H20ClNO3. The van der Waals surface area contributed by atoms with E-state index in [1.807, 2.05) is 19.2 Å². The molecule has 1 aromatic rings. The molecule has 0 aliphatic carbocycles. The highest BCUT2D eigenvalue weighted by atomic mass is 35.5. The fourth-order valence-electron chi connectivity index (χ4n) is 2.14. The number of ether oxygens (including phenoxy) is 3. The van der Waals surface area contributed by atoms with Gasteiger partial charge in [-0.3, -0.25) is 0 Å². The van der Waals surface area contributed by atoms with E-state index in [0.717, 1.165) is 31.7 Å². The third-order valence-electron chi connectivity index (χ3n) is 3.16. The summed E-state index contributed by atoms with van der Waals surface area (Å²) in [6.07, 6.45) is 1.04. The van der Waals surface area contributed by atoms with Crippen LogP contribution in [0.1, 0.15) is 12.0 Å². The first-order chi connectivity index (χ1) is 9.24. The summed E-state index contributed by atoms with van der Waals surface area (Å²) in [5.41, 5.74) is 1.07. The second-order valence-corrected chi connectivity index (χ2v) is 5.09. The number of hydrogen-bond acceptors (Lipinski definition) is 4. The van der Waals surface area contributed by atoms with Crippen molar-refractivity contribution in [1.82, 2.24) is 5.32 Å². The smallest absolute Gasteiger partial charge is 0.179 e. The summed E-state index contributed by atoms with van der Waals surface area (Å²) in [5, 5.41) is 3.67. The molecule has 1 saturated heterocycles. The molecule has 0 radical (unpaired) electrons. The van der Waals surface area contributed by atoms with Gasteiger partial charge in [-0.1, -0.05) is 11.6 Å². The number of hydrogen-bond donors (Lipinski definition) is 1. The van der Waals surface area contributed by atoms with Gasteiger partial charge in [-0.15, -0.1) is 0 Å². The normalized spacial score (nSPS) is 18.6. The van der Waals surface area contributed by atoms with Gasteiger partial charge in [0.15, 0.2) is 11.5 Å². The lowest BCUT2D eigenvalue weighted by molar-refractivity contribution is 0.165. The monoisotopic (exact) mass is 285 g/mol. The molecule has 106 valence electrons. The van der Waals surface area contributed by atoms with E-state index in [-0.39, 0.29) is 0 Å². The van der Waals surface area contributed by atoms with Crippen molar-refractivity contribution in [3.63, 3.8) is 0 Å². The first kappa shape index (κ1) is 14.4. The Morgan fingerprint density at radius 1 is 1.47 bits per heavy atom. The van der Waals surface area contributed by atoms with E-state index in [2.05, 4.69) is 5.32 Å². The van der Waals surface area contributed by atoms with Gasteiger partial charge in [0.25, 0.3) is 0 Å². The Morgan fingerprint density at radius 3 is 2.95 bits per heavy atom. The number of nitrogens with one attached hydrogen (secondary N) is 1. The van der Waals surface area contributed by atoms with Crippen LogP contribution in [0.5, 0.6) is 11.5 Å². The zero-order valence-corrected chi connectivity index (χ0v) is 12.1. The van der Waals surface area contributed by atoms with Crippen LogP contribution in [0.25, 0.3) is 0 Å². The van der Waals surface area contributed by atoms with Gasteiger partial charge in [-0.05, 0) is 31.2 Å². The first-order valence-electron chi connectivity index (χ1n) is 6.46. The van der Waals surface area contributed by atoms with Crippen molar-refractivity contribution in [2.75, 3.05) is 34.0 Å². The SMILES string of the molecule is CNCc1cc(Cl)c(OCC2CCOC2)c(OC)c1. The minimum absolute atomic E-state index is 0.442. The predicted molar refractivity (Wildman–Crippen MR) is 75.2 cm³/mol. The Labute approximate surface area is 119 Å². The third kappa shape index (κ3) is 3.75. The Morgan fingerprint density at radius 2 is 2.32 bits per heavy atom. The van der Waals surface area contributed by atoms with Crippen LogP contribution >= 0.6 is 11.6 Å². The zero-order chi connectivity index (χ0) is 13.7. The topological polar surface area (TPSA) is 39.7 Å². The van der Waals surface area contributed by atoms with E-state index in [1.54, 1.807) is 7.11 Å². The molecule has 1 N–H and O–H groups in total. The maximum Gasteiger partial charge on any atom is 0.179 e. The fraction of sp³-hybridized carbons (Fsp3) is 0.571. The van der Waals surface area contributed by atoms with Gasteiger partial charge in [0, 0.05) is 19.1 Å². The molecule has 1 heterocycles. The first-order valence-corrected chi connectivity index (χ1v) is 6.84. The summed E-state index contributed by atoms with van der Waals surface area (Å²) in [6, 6.07) is 3.85. The predicted octanol–water partition coefficient (Wildman–Crippen LogP) is 2.48. The lowest BCUT2D eigenvalue weighted by Gasteiger charge is -2.16. The van der Waals surface area contributed by atoms with Crippen molar-refractivity contribution >= 4 is 11.6 Å². The molecule has 1 aromatic carbocycles. The maximum absolute atomic E-state index is 6.27. The molecule has 0 amide bonds. The van der Waals surface area contributed by atoms with Crippen LogP contribution in [0.15, 0.2) is 12.1 Å². The van der Waals surface area contributed by atoms with Gasteiger partial charge in [0.2, 0.25) is 0 Å². The highest BCUT2D eigenvalue weighted by molar-refractivity contribution is 6.32. The Hall–Kier alpha value is -0.970. The summed E-state index contributed by atoms with van der Waals surface area (Å²) in [4.78, 5) is 0. The molecule has 1 aliphatic heterocycles. The van der Waals surface area contributed by atoms with E-state index in [0.29, 0.717) is 29.0 Å². The van der Waals surface area contributed by atoms with Crippen molar-refractivity contribution in [2.45, 2.75) is 13.0 Å². The number of benzene rings is 1. The van der Waals surface area contributed by atoms with Crippen LogP contribution < -0.4 is 14.8 Å². The number of methoxy groups -OCH3 is 1. The van der Waals surface area contributed by atoms with Gasteiger partial charge in [-0.25, -0.2) is 0 Å². The summed E-state index contributed by atoms with van der Waals surface area (Å²) < 4.78 is 16.5. The highest BCUT2D eigenvalue weighted by Crippen LogP contribution is 2.37. The molecule has 1 aliphatic rings. The van der Waals surface area contributed by atoms with Crippen LogP contribution in [0.3, 0.4) is 0 Å². The van der Waals surface area contributed by atoms with Gasteiger partial charge in [-0.2, -0.15) is 0 Å². The average molecular weight is 286 g/mol. The summed E-state index contributed by atoms with van der Waals surface area (Å²) in [5.74, 6) is 1.74.